The van der Waals surface area contributed by atoms with Crippen molar-refractivity contribution in [3.63, 3.8) is 0 Å². The first-order valence-electron chi connectivity index (χ1n) is 7.91. The van der Waals surface area contributed by atoms with Crippen LogP contribution in [0.15, 0.2) is 36.9 Å². The van der Waals surface area contributed by atoms with E-state index < -0.39 is 0 Å². The molecule has 0 radical (unpaired) electrons. The van der Waals surface area contributed by atoms with Crippen LogP contribution in [0, 0.1) is 0 Å². The molecule has 3 heteroatoms. The molecule has 4 rings (SSSR count). The maximum Gasteiger partial charge on any atom is 0.0384 e. The van der Waals surface area contributed by atoms with E-state index in [2.05, 4.69) is 48.0 Å². The van der Waals surface area contributed by atoms with Gasteiger partial charge in [0.25, 0.3) is 0 Å². The summed E-state index contributed by atoms with van der Waals surface area (Å²) >= 11 is 0. The van der Waals surface area contributed by atoms with Gasteiger partial charge in [0.05, 0.1) is 0 Å². The van der Waals surface area contributed by atoms with Crippen LogP contribution < -0.4 is 11.1 Å². The van der Waals surface area contributed by atoms with Crippen LogP contribution in [0.3, 0.4) is 0 Å². The van der Waals surface area contributed by atoms with Crippen molar-refractivity contribution >= 4 is 11.3 Å². The zero-order valence-electron chi connectivity index (χ0n) is 12.5. The third-order valence-corrected chi connectivity index (χ3v) is 5.25. The second-order valence-corrected chi connectivity index (χ2v) is 6.59. The van der Waals surface area contributed by atoms with E-state index in [0.29, 0.717) is 18.0 Å². The summed E-state index contributed by atoms with van der Waals surface area (Å²) in [7, 11) is 0. The highest BCUT2D eigenvalue weighted by Gasteiger charge is 2.42. The zero-order valence-corrected chi connectivity index (χ0v) is 12.5. The van der Waals surface area contributed by atoms with Gasteiger partial charge in [-0.05, 0) is 36.1 Å². The number of fused-ring (bicyclic) bond motifs is 2. The van der Waals surface area contributed by atoms with Gasteiger partial charge >= 0.3 is 0 Å². The van der Waals surface area contributed by atoms with Crippen molar-refractivity contribution in [1.29, 1.82) is 0 Å². The van der Waals surface area contributed by atoms with Gasteiger partial charge in [0.15, 0.2) is 0 Å². The summed E-state index contributed by atoms with van der Waals surface area (Å²) < 4.78 is 0. The number of rotatable bonds is 2. The van der Waals surface area contributed by atoms with Gasteiger partial charge in [-0.3, -0.25) is 4.90 Å². The summed E-state index contributed by atoms with van der Waals surface area (Å²) in [4.78, 5) is 2.49. The average molecular weight is 281 g/mol. The van der Waals surface area contributed by atoms with Crippen LogP contribution in [0.1, 0.15) is 30.4 Å². The Kier molecular flexibility index (Phi) is 2.95. The van der Waals surface area contributed by atoms with Gasteiger partial charge in [-0.15, -0.1) is 6.58 Å². The molecule has 0 aromatic heterocycles. The molecule has 0 spiro atoms. The number of hydrogen-bond acceptors (Lipinski definition) is 3. The largest absolute Gasteiger partial charge is 0.382 e. The van der Waals surface area contributed by atoms with Gasteiger partial charge in [0.2, 0.25) is 0 Å². The van der Waals surface area contributed by atoms with E-state index in [-0.39, 0.29) is 6.04 Å². The molecule has 0 fully saturated rings. The van der Waals surface area contributed by atoms with E-state index >= 15 is 0 Å². The van der Waals surface area contributed by atoms with Gasteiger partial charge < -0.3 is 11.1 Å². The molecule has 2 aliphatic heterocycles. The van der Waals surface area contributed by atoms with E-state index in [9.17, 15) is 0 Å². The lowest BCUT2D eigenvalue weighted by molar-refractivity contribution is 0.220. The average Bonchev–Trinajstić information content (AvgIpc) is 2.78. The van der Waals surface area contributed by atoms with Crippen molar-refractivity contribution in [2.45, 2.75) is 37.4 Å². The molecule has 0 bridgehead atoms. The Morgan fingerprint density at radius 1 is 1.48 bits per heavy atom. The molecular formula is C18H23N3. The van der Waals surface area contributed by atoms with Gasteiger partial charge in [0.1, 0.15) is 0 Å². The van der Waals surface area contributed by atoms with Crippen LogP contribution in [0.4, 0.5) is 5.69 Å². The van der Waals surface area contributed by atoms with Gasteiger partial charge in [0, 0.05) is 42.8 Å². The second kappa shape index (κ2) is 4.72. The Bertz CT molecular complexity index is 619. The van der Waals surface area contributed by atoms with Crippen LogP contribution in [0.2, 0.25) is 0 Å². The third-order valence-electron chi connectivity index (χ3n) is 5.25. The van der Waals surface area contributed by atoms with Crippen LogP contribution in [0.25, 0.3) is 5.57 Å². The number of nitrogens with zero attached hydrogens (tertiary/aromatic N) is 1. The predicted molar refractivity (Wildman–Crippen MR) is 88.4 cm³/mol. The highest BCUT2D eigenvalue weighted by molar-refractivity contribution is 5.82. The molecular weight excluding hydrogens is 258 g/mol. The first-order chi connectivity index (χ1) is 10.2. The fourth-order valence-electron chi connectivity index (χ4n) is 4.40. The van der Waals surface area contributed by atoms with Crippen LogP contribution >= 0.6 is 0 Å². The van der Waals surface area contributed by atoms with Crippen LogP contribution in [-0.4, -0.2) is 36.1 Å². The van der Waals surface area contributed by atoms with Crippen molar-refractivity contribution in [3.8, 4) is 0 Å². The molecule has 1 unspecified atom stereocenters. The molecule has 0 saturated carbocycles. The summed E-state index contributed by atoms with van der Waals surface area (Å²) in [5, 5.41) is 3.65. The van der Waals surface area contributed by atoms with Gasteiger partial charge in [-0.25, -0.2) is 0 Å². The Morgan fingerprint density at radius 2 is 2.33 bits per heavy atom. The number of nitrogens with two attached hydrogens (primary N) is 1. The topological polar surface area (TPSA) is 41.3 Å². The quantitative estimate of drug-likeness (QED) is 0.819. The number of hydrogen-bond donors (Lipinski definition) is 2. The predicted octanol–water partition coefficient (Wildman–Crippen LogP) is 2.57. The molecule has 4 atom stereocenters. The maximum atomic E-state index is 6.27. The molecule has 1 aromatic rings. The SMILES string of the molecule is C=CCN1C[C@@H](N)C=C2c3cccc4c3[C@H](C[C@H]21)C(C)N4. The molecule has 1 aliphatic carbocycles. The van der Waals surface area contributed by atoms with E-state index in [4.69, 9.17) is 5.73 Å². The summed E-state index contributed by atoms with van der Waals surface area (Å²) in [6.07, 6.45) is 5.47. The minimum atomic E-state index is 0.121. The highest BCUT2D eigenvalue weighted by Crippen LogP contribution is 2.50. The first kappa shape index (κ1) is 13.1. The second-order valence-electron chi connectivity index (χ2n) is 6.59. The summed E-state index contributed by atoms with van der Waals surface area (Å²) in [5.74, 6) is 0.611. The van der Waals surface area contributed by atoms with E-state index in [1.807, 2.05) is 6.08 Å². The fourth-order valence-corrected chi connectivity index (χ4v) is 4.40. The van der Waals surface area contributed by atoms with Crippen LogP contribution in [-0.2, 0) is 0 Å². The first-order valence-corrected chi connectivity index (χ1v) is 7.91. The normalized spacial score (nSPS) is 33.7. The van der Waals surface area contributed by atoms with Crippen molar-refractivity contribution in [3.05, 3.63) is 48.1 Å². The lowest BCUT2D eigenvalue weighted by Gasteiger charge is -2.43. The Hall–Kier alpha value is -1.58. The van der Waals surface area contributed by atoms with E-state index in [1.54, 1.807) is 0 Å². The highest BCUT2D eigenvalue weighted by atomic mass is 15.2. The molecule has 3 N–H and O–H groups in total. The zero-order chi connectivity index (χ0) is 14.6. The van der Waals surface area contributed by atoms with Gasteiger partial charge in [-0.2, -0.15) is 0 Å². The summed E-state index contributed by atoms with van der Waals surface area (Å²) in [5.41, 5.74) is 11.9. The molecule has 21 heavy (non-hydrogen) atoms. The smallest absolute Gasteiger partial charge is 0.0384 e. The molecule has 110 valence electrons. The van der Waals surface area contributed by atoms with E-state index in [0.717, 1.165) is 13.1 Å². The maximum absolute atomic E-state index is 6.27. The summed E-state index contributed by atoms with van der Waals surface area (Å²) in [6.45, 7) is 8.06. The molecule has 2 heterocycles. The number of benzene rings is 1. The third kappa shape index (κ3) is 1.88. The lowest BCUT2D eigenvalue weighted by atomic mass is 9.73. The Morgan fingerprint density at radius 3 is 3.14 bits per heavy atom. The fraction of sp³-hybridized carbons (Fsp3) is 0.444. The molecule has 0 saturated heterocycles. The number of nitrogens with one attached hydrogen (secondary N) is 1. The monoisotopic (exact) mass is 281 g/mol. The lowest BCUT2D eigenvalue weighted by Crippen LogP contribution is -2.49. The molecule has 3 nitrogen and oxygen atoms in total. The minimum absolute atomic E-state index is 0.121. The van der Waals surface area contributed by atoms with Crippen molar-refractivity contribution < 1.29 is 0 Å². The summed E-state index contributed by atoms with van der Waals surface area (Å²) in [6, 6.07) is 7.77. The van der Waals surface area contributed by atoms with Crippen molar-refractivity contribution in [2.24, 2.45) is 5.73 Å². The van der Waals surface area contributed by atoms with Gasteiger partial charge in [-0.1, -0.05) is 24.3 Å². The number of anilines is 1. The van der Waals surface area contributed by atoms with E-state index in [1.165, 1.54) is 28.8 Å². The molecule has 1 aromatic carbocycles. The van der Waals surface area contributed by atoms with Crippen molar-refractivity contribution in [2.75, 3.05) is 18.4 Å². The standard InChI is InChI=1S/C18H23N3/c1-3-7-21-10-12(19)8-15-13-5-4-6-16-18(13)14(9-17(15)21)11(2)20-16/h3-6,8,11-12,14,17,20H,1,7,9-10,19H2,2H3/t11?,12-,14+,17+/m0/s1. The molecule has 0 amide bonds. The molecule has 3 aliphatic rings. The minimum Gasteiger partial charge on any atom is -0.382 e. The van der Waals surface area contributed by atoms with Crippen molar-refractivity contribution in [1.82, 2.24) is 4.90 Å². The Labute approximate surface area is 126 Å². The Balaban J connectivity index is 1.85. The van der Waals surface area contributed by atoms with Crippen LogP contribution in [0.5, 0.6) is 0 Å².